The summed E-state index contributed by atoms with van der Waals surface area (Å²) in [6, 6.07) is 0.394. The quantitative estimate of drug-likeness (QED) is 0.737. The third-order valence-corrected chi connectivity index (χ3v) is 4.00. The van der Waals surface area contributed by atoms with Crippen LogP contribution in [0.3, 0.4) is 0 Å². The van der Waals surface area contributed by atoms with Crippen molar-refractivity contribution < 1.29 is 4.79 Å². The van der Waals surface area contributed by atoms with Crippen LogP contribution in [0.1, 0.15) is 32.6 Å². The number of hydrogen-bond donors (Lipinski definition) is 2. The summed E-state index contributed by atoms with van der Waals surface area (Å²) in [4.78, 5) is 14.0. The van der Waals surface area contributed by atoms with Gasteiger partial charge in [-0.15, -0.1) is 0 Å². The van der Waals surface area contributed by atoms with Gasteiger partial charge in [0.2, 0.25) is 5.91 Å². The van der Waals surface area contributed by atoms with Gasteiger partial charge in [0.15, 0.2) is 0 Å². The van der Waals surface area contributed by atoms with Gasteiger partial charge in [0.1, 0.15) is 0 Å². The molecule has 4 nitrogen and oxygen atoms in total. The summed E-state index contributed by atoms with van der Waals surface area (Å²) < 4.78 is 0. The summed E-state index contributed by atoms with van der Waals surface area (Å²) >= 11 is 0. The Morgan fingerprint density at radius 1 is 1.41 bits per heavy atom. The molecule has 1 saturated heterocycles. The minimum absolute atomic E-state index is 0.171. The van der Waals surface area contributed by atoms with Crippen molar-refractivity contribution in [3.63, 3.8) is 0 Å². The molecule has 3 N–H and O–H groups in total. The molecule has 0 bridgehead atoms. The number of carbonyl (C=O) groups excluding carboxylic acids is 1. The van der Waals surface area contributed by atoms with Gasteiger partial charge >= 0.3 is 0 Å². The smallest absolute Gasteiger partial charge is 0.234 e. The van der Waals surface area contributed by atoms with Gasteiger partial charge in [-0.25, -0.2) is 0 Å². The van der Waals surface area contributed by atoms with E-state index < -0.39 is 0 Å². The minimum Gasteiger partial charge on any atom is -0.355 e. The third-order valence-electron chi connectivity index (χ3n) is 4.00. The first-order valence-corrected chi connectivity index (χ1v) is 6.90. The first kappa shape index (κ1) is 12.8. The second kappa shape index (κ2) is 5.83. The van der Waals surface area contributed by atoms with Crippen molar-refractivity contribution in [1.29, 1.82) is 0 Å². The van der Waals surface area contributed by atoms with Gasteiger partial charge in [-0.05, 0) is 44.1 Å². The maximum atomic E-state index is 11.8. The Morgan fingerprint density at radius 2 is 2.18 bits per heavy atom. The molecule has 0 spiro atoms. The Kier molecular flexibility index (Phi) is 4.40. The average Bonchev–Trinajstić information content (AvgIpc) is 3.12. The van der Waals surface area contributed by atoms with Gasteiger partial charge < -0.3 is 11.1 Å². The molecule has 1 aliphatic carbocycles. The van der Waals surface area contributed by atoms with Crippen molar-refractivity contribution in [1.82, 2.24) is 10.2 Å². The molecule has 2 rings (SSSR count). The van der Waals surface area contributed by atoms with E-state index >= 15 is 0 Å². The Bertz CT molecular complexity index is 265. The molecule has 1 amide bonds. The van der Waals surface area contributed by atoms with Gasteiger partial charge in [-0.2, -0.15) is 0 Å². The number of likely N-dealkylation sites (tertiary alicyclic amines) is 1. The third kappa shape index (κ3) is 3.96. The average molecular weight is 239 g/mol. The van der Waals surface area contributed by atoms with Crippen molar-refractivity contribution in [3.05, 3.63) is 0 Å². The Hall–Kier alpha value is -0.610. The summed E-state index contributed by atoms with van der Waals surface area (Å²) in [7, 11) is 0. The van der Waals surface area contributed by atoms with Crippen LogP contribution in [0.4, 0.5) is 0 Å². The number of amides is 1. The molecule has 17 heavy (non-hydrogen) atoms. The minimum atomic E-state index is 0.171. The van der Waals surface area contributed by atoms with E-state index in [0.29, 0.717) is 19.1 Å². The molecule has 98 valence electrons. The van der Waals surface area contributed by atoms with Crippen LogP contribution in [-0.4, -0.2) is 43.0 Å². The number of rotatable bonds is 5. The predicted molar refractivity (Wildman–Crippen MR) is 68.5 cm³/mol. The molecule has 1 saturated carbocycles. The van der Waals surface area contributed by atoms with Crippen LogP contribution in [0.25, 0.3) is 0 Å². The molecule has 2 aliphatic rings. The summed E-state index contributed by atoms with van der Waals surface area (Å²) in [5.41, 5.74) is 5.79. The molecule has 1 aliphatic heterocycles. The summed E-state index contributed by atoms with van der Waals surface area (Å²) in [6.07, 6.45) is 4.89. The van der Waals surface area contributed by atoms with Gasteiger partial charge in [-0.1, -0.05) is 6.92 Å². The van der Waals surface area contributed by atoms with E-state index in [4.69, 9.17) is 5.73 Å². The van der Waals surface area contributed by atoms with Crippen LogP contribution >= 0.6 is 0 Å². The number of nitrogens with zero attached hydrogens (tertiary/aromatic N) is 1. The lowest BCUT2D eigenvalue weighted by Crippen LogP contribution is -2.50. The molecule has 2 atom stereocenters. The van der Waals surface area contributed by atoms with Crippen LogP contribution < -0.4 is 11.1 Å². The molecular formula is C13H25N3O. The zero-order valence-corrected chi connectivity index (χ0v) is 10.8. The van der Waals surface area contributed by atoms with E-state index in [1.54, 1.807) is 0 Å². The van der Waals surface area contributed by atoms with Gasteiger partial charge in [0, 0.05) is 19.1 Å². The second-order valence-electron chi connectivity index (χ2n) is 5.74. The molecular weight excluding hydrogens is 214 g/mol. The van der Waals surface area contributed by atoms with Crippen molar-refractivity contribution >= 4 is 5.91 Å². The van der Waals surface area contributed by atoms with Crippen molar-refractivity contribution in [2.45, 2.75) is 38.6 Å². The SMILES string of the molecule is CC1CCN(CC(=O)NCC2CC2)C(CN)C1. The fourth-order valence-corrected chi connectivity index (χ4v) is 2.57. The van der Waals surface area contributed by atoms with Crippen molar-refractivity contribution in [2.24, 2.45) is 17.6 Å². The Morgan fingerprint density at radius 3 is 2.82 bits per heavy atom. The molecule has 0 aromatic carbocycles. The Labute approximate surface area is 104 Å². The van der Waals surface area contributed by atoms with Crippen LogP contribution in [0.5, 0.6) is 0 Å². The van der Waals surface area contributed by atoms with Crippen molar-refractivity contribution in [2.75, 3.05) is 26.2 Å². The number of nitrogens with two attached hydrogens (primary N) is 1. The standard InChI is InChI=1S/C13H25N3O/c1-10-4-5-16(12(6-10)7-14)9-13(17)15-8-11-2-3-11/h10-12H,2-9,14H2,1H3,(H,15,17). The zero-order chi connectivity index (χ0) is 12.3. The molecule has 2 unspecified atom stereocenters. The normalized spacial score (nSPS) is 30.2. The Balaban J connectivity index is 1.73. The van der Waals surface area contributed by atoms with E-state index in [1.807, 2.05) is 0 Å². The van der Waals surface area contributed by atoms with E-state index in [1.165, 1.54) is 19.3 Å². The molecule has 0 radical (unpaired) electrons. The monoisotopic (exact) mass is 239 g/mol. The number of carbonyl (C=O) groups is 1. The largest absolute Gasteiger partial charge is 0.355 e. The maximum absolute atomic E-state index is 11.8. The van der Waals surface area contributed by atoms with Crippen LogP contribution in [-0.2, 0) is 4.79 Å². The second-order valence-corrected chi connectivity index (χ2v) is 5.74. The molecule has 0 aromatic heterocycles. The highest BCUT2D eigenvalue weighted by atomic mass is 16.2. The maximum Gasteiger partial charge on any atom is 0.234 e. The highest BCUT2D eigenvalue weighted by molar-refractivity contribution is 5.78. The summed E-state index contributed by atoms with van der Waals surface area (Å²) in [5, 5.41) is 3.03. The van der Waals surface area contributed by atoms with E-state index in [2.05, 4.69) is 17.1 Å². The predicted octanol–water partition coefficient (Wildman–Crippen LogP) is 0.572. The van der Waals surface area contributed by atoms with Crippen LogP contribution in [0.2, 0.25) is 0 Å². The van der Waals surface area contributed by atoms with Gasteiger partial charge in [-0.3, -0.25) is 9.69 Å². The van der Waals surface area contributed by atoms with Gasteiger partial charge in [0.25, 0.3) is 0 Å². The lowest BCUT2D eigenvalue weighted by atomic mass is 9.92. The molecule has 4 heteroatoms. The first-order valence-electron chi connectivity index (χ1n) is 6.90. The van der Waals surface area contributed by atoms with Gasteiger partial charge in [0.05, 0.1) is 6.54 Å². The first-order chi connectivity index (χ1) is 8.19. The van der Waals surface area contributed by atoms with E-state index in [-0.39, 0.29) is 5.91 Å². The zero-order valence-electron chi connectivity index (χ0n) is 10.8. The highest BCUT2D eigenvalue weighted by Gasteiger charge is 2.27. The highest BCUT2D eigenvalue weighted by Crippen LogP contribution is 2.27. The van der Waals surface area contributed by atoms with E-state index in [0.717, 1.165) is 31.3 Å². The molecule has 0 aromatic rings. The topological polar surface area (TPSA) is 58.4 Å². The summed E-state index contributed by atoms with van der Waals surface area (Å²) in [6.45, 7) is 5.35. The summed E-state index contributed by atoms with van der Waals surface area (Å²) in [5.74, 6) is 1.67. The number of piperidine rings is 1. The molecule has 2 fully saturated rings. The van der Waals surface area contributed by atoms with Crippen molar-refractivity contribution in [3.8, 4) is 0 Å². The lowest BCUT2D eigenvalue weighted by molar-refractivity contribution is -0.123. The fraction of sp³-hybridized carbons (Fsp3) is 0.923. The van der Waals surface area contributed by atoms with Crippen LogP contribution in [0, 0.1) is 11.8 Å². The van der Waals surface area contributed by atoms with E-state index in [9.17, 15) is 4.79 Å². The van der Waals surface area contributed by atoms with Crippen LogP contribution in [0.15, 0.2) is 0 Å². The fourth-order valence-electron chi connectivity index (χ4n) is 2.57. The molecule has 1 heterocycles. The lowest BCUT2D eigenvalue weighted by Gasteiger charge is -2.37. The number of nitrogens with one attached hydrogen (secondary N) is 1. The number of hydrogen-bond acceptors (Lipinski definition) is 3.